The van der Waals surface area contributed by atoms with E-state index in [2.05, 4.69) is 34.1 Å². The van der Waals surface area contributed by atoms with Crippen molar-refractivity contribution >= 4 is 27.5 Å². The van der Waals surface area contributed by atoms with Crippen molar-refractivity contribution < 1.29 is 9.53 Å². The molecule has 0 N–H and O–H groups in total. The number of nitrogens with zero attached hydrogens (tertiary/aromatic N) is 4. The maximum atomic E-state index is 12.7. The highest BCUT2D eigenvalue weighted by atomic mass is 32.1. The number of likely N-dealkylation sites (tertiary alicyclic amines) is 1. The number of fused-ring (bicyclic) bond motifs is 1. The average molecular weight is 507 g/mol. The Morgan fingerprint density at radius 1 is 1.08 bits per heavy atom. The van der Waals surface area contributed by atoms with Gasteiger partial charge in [0.1, 0.15) is 11.2 Å². The smallest absolute Gasteiger partial charge is 0.227 e. The summed E-state index contributed by atoms with van der Waals surface area (Å²) in [6, 6.07) is 10.4. The van der Waals surface area contributed by atoms with Crippen LogP contribution in [0, 0.1) is 5.92 Å². The van der Waals surface area contributed by atoms with Crippen LogP contribution >= 0.6 is 11.3 Å². The summed E-state index contributed by atoms with van der Waals surface area (Å²) >= 11 is 1.64. The van der Waals surface area contributed by atoms with Gasteiger partial charge in [0.15, 0.2) is 0 Å². The molecule has 0 spiro atoms. The van der Waals surface area contributed by atoms with Gasteiger partial charge in [0.05, 0.1) is 18.7 Å². The monoisotopic (exact) mass is 506 g/mol. The summed E-state index contributed by atoms with van der Waals surface area (Å²) in [5, 5.41) is 1.15. The molecule has 0 bridgehead atoms. The predicted octanol–water partition coefficient (Wildman–Crippen LogP) is 5.38. The topological polar surface area (TPSA) is 58.6 Å². The second-order valence-corrected chi connectivity index (χ2v) is 11.6. The van der Waals surface area contributed by atoms with Crippen molar-refractivity contribution in [2.24, 2.45) is 5.92 Å². The Balaban J connectivity index is 1.32. The number of amides is 1. The molecule has 0 atom stereocenters. The van der Waals surface area contributed by atoms with Crippen molar-refractivity contribution in [3.63, 3.8) is 0 Å². The summed E-state index contributed by atoms with van der Waals surface area (Å²) in [7, 11) is 3.63. The van der Waals surface area contributed by atoms with E-state index in [1.54, 1.807) is 22.6 Å². The first-order valence-corrected chi connectivity index (χ1v) is 14.2. The Bertz CT molecular complexity index is 1150. The van der Waals surface area contributed by atoms with Gasteiger partial charge < -0.3 is 14.5 Å². The molecule has 2 aromatic heterocycles. The Hall–Kier alpha value is -2.35. The molecule has 2 aliphatic rings. The van der Waals surface area contributed by atoms with Crippen LogP contribution in [0.5, 0.6) is 0 Å². The van der Waals surface area contributed by atoms with Crippen LogP contribution in [0.4, 0.5) is 0 Å². The predicted molar refractivity (Wildman–Crippen MR) is 146 cm³/mol. The summed E-state index contributed by atoms with van der Waals surface area (Å²) in [6.45, 7) is 5.29. The quantitative estimate of drug-likeness (QED) is 0.365. The molecule has 1 saturated carbocycles. The van der Waals surface area contributed by atoms with Crippen molar-refractivity contribution in [1.82, 2.24) is 19.8 Å². The van der Waals surface area contributed by atoms with E-state index in [9.17, 15) is 4.79 Å². The number of thiophene rings is 1. The molecule has 6 nitrogen and oxygen atoms in total. The second-order valence-electron chi connectivity index (χ2n) is 10.5. The van der Waals surface area contributed by atoms with Crippen molar-refractivity contribution in [1.29, 1.82) is 0 Å². The summed E-state index contributed by atoms with van der Waals surface area (Å²) in [4.78, 5) is 28.4. The number of hydrogen-bond acceptors (Lipinski definition) is 6. The summed E-state index contributed by atoms with van der Waals surface area (Å²) in [6.07, 6.45) is 9.39. The zero-order valence-electron chi connectivity index (χ0n) is 21.6. The van der Waals surface area contributed by atoms with E-state index in [0.717, 1.165) is 64.5 Å². The second kappa shape index (κ2) is 11.8. The van der Waals surface area contributed by atoms with E-state index >= 15 is 0 Å². The molecular formula is C29H38N4O2S. The van der Waals surface area contributed by atoms with Crippen LogP contribution < -0.4 is 0 Å². The molecule has 1 aromatic carbocycles. The number of likely N-dealkylation sites (N-methyl/N-ethyl adjacent to an activating group) is 1. The maximum absolute atomic E-state index is 12.7. The Morgan fingerprint density at radius 2 is 1.83 bits per heavy atom. The highest BCUT2D eigenvalue weighted by Gasteiger charge is 2.28. The first-order valence-electron chi connectivity index (χ1n) is 13.4. The molecule has 0 unspecified atom stereocenters. The number of ether oxygens (including phenoxy) is 1. The molecule has 1 aliphatic heterocycles. The van der Waals surface area contributed by atoms with Crippen LogP contribution in [0.15, 0.2) is 36.7 Å². The lowest BCUT2D eigenvalue weighted by Gasteiger charge is -2.28. The normalized spacial score (nSPS) is 20.7. The fourth-order valence-corrected chi connectivity index (χ4v) is 6.85. The van der Waals surface area contributed by atoms with Gasteiger partial charge >= 0.3 is 0 Å². The average Bonchev–Trinajstić information content (AvgIpc) is 3.55. The molecule has 3 aromatic rings. The molecule has 36 heavy (non-hydrogen) atoms. The first kappa shape index (κ1) is 25.3. The number of benzene rings is 1. The zero-order chi connectivity index (χ0) is 24.9. The molecule has 7 heteroatoms. The Morgan fingerprint density at radius 3 is 2.56 bits per heavy atom. The van der Waals surface area contributed by atoms with Gasteiger partial charge in [0.2, 0.25) is 5.91 Å². The number of aromatic nitrogens is 2. The van der Waals surface area contributed by atoms with Crippen molar-refractivity contribution in [3.8, 4) is 11.1 Å². The van der Waals surface area contributed by atoms with Crippen LogP contribution in [-0.2, 0) is 16.0 Å². The largest absolute Gasteiger partial charge is 0.380 e. The van der Waals surface area contributed by atoms with Gasteiger partial charge in [-0.2, -0.15) is 0 Å². The minimum absolute atomic E-state index is 0.110. The molecule has 1 saturated heterocycles. The molecule has 1 aliphatic carbocycles. The van der Waals surface area contributed by atoms with Crippen molar-refractivity contribution in [2.45, 2.75) is 50.9 Å². The van der Waals surface area contributed by atoms with E-state index in [-0.39, 0.29) is 5.91 Å². The first-order chi connectivity index (χ1) is 17.6. The minimum atomic E-state index is 0.110. The van der Waals surface area contributed by atoms with Gasteiger partial charge in [-0.05, 0) is 63.1 Å². The zero-order valence-corrected chi connectivity index (χ0v) is 22.4. The third-order valence-electron chi connectivity index (χ3n) is 7.80. The van der Waals surface area contributed by atoms with Crippen LogP contribution in [0.3, 0.4) is 0 Å². The van der Waals surface area contributed by atoms with E-state index in [0.29, 0.717) is 18.3 Å². The summed E-state index contributed by atoms with van der Waals surface area (Å²) < 4.78 is 6.08. The summed E-state index contributed by atoms with van der Waals surface area (Å²) in [5.41, 5.74) is 3.45. The highest BCUT2D eigenvalue weighted by molar-refractivity contribution is 7.19. The molecule has 0 radical (unpaired) electrons. The fourth-order valence-electron chi connectivity index (χ4n) is 5.69. The maximum Gasteiger partial charge on any atom is 0.227 e. The Labute approximate surface area is 218 Å². The molecular weight excluding hydrogens is 468 g/mol. The van der Waals surface area contributed by atoms with Gasteiger partial charge in [-0.3, -0.25) is 4.79 Å². The molecule has 2 fully saturated rings. The number of carbonyl (C=O) groups is 1. The summed E-state index contributed by atoms with van der Waals surface area (Å²) in [5.74, 6) is 1.17. The molecule has 192 valence electrons. The van der Waals surface area contributed by atoms with Crippen LogP contribution in [-0.4, -0.2) is 72.6 Å². The lowest BCUT2D eigenvalue weighted by atomic mass is 9.79. The van der Waals surface area contributed by atoms with Gasteiger partial charge in [0, 0.05) is 49.0 Å². The third kappa shape index (κ3) is 5.79. The molecule has 3 heterocycles. The van der Waals surface area contributed by atoms with Gasteiger partial charge in [-0.25, -0.2) is 9.97 Å². The Kier molecular flexibility index (Phi) is 8.29. The SMILES string of the molecule is CN(C)C(=O)Cc1sc2ncnc(C3CCC(COCCN4CCCC4)CC3)c2c1-c1ccccc1. The highest BCUT2D eigenvalue weighted by Crippen LogP contribution is 2.44. The van der Waals surface area contributed by atoms with E-state index in [1.165, 1.54) is 38.8 Å². The fraction of sp³-hybridized carbons (Fsp3) is 0.552. The van der Waals surface area contributed by atoms with Gasteiger partial charge in [0.25, 0.3) is 0 Å². The van der Waals surface area contributed by atoms with Gasteiger partial charge in [-0.1, -0.05) is 30.3 Å². The van der Waals surface area contributed by atoms with Crippen LogP contribution in [0.2, 0.25) is 0 Å². The lowest BCUT2D eigenvalue weighted by Crippen LogP contribution is -2.25. The van der Waals surface area contributed by atoms with E-state index in [1.807, 2.05) is 20.2 Å². The molecule has 5 rings (SSSR count). The van der Waals surface area contributed by atoms with E-state index < -0.39 is 0 Å². The minimum Gasteiger partial charge on any atom is -0.380 e. The van der Waals surface area contributed by atoms with Crippen molar-refractivity contribution in [2.75, 3.05) is 46.9 Å². The number of hydrogen-bond donors (Lipinski definition) is 0. The van der Waals surface area contributed by atoms with Gasteiger partial charge in [-0.15, -0.1) is 11.3 Å². The van der Waals surface area contributed by atoms with Crippen molar-refractivity contribution in [3.05, 3.63) is 47.2 Å². The standard InChI is InChI=1S/C29H38N4O2S/c1-32(2)25(34)18-24-26(22-8-4-3-5-9-22)27-28(30-20-31-29(27)36-24)23-12-10-21(11-13-23)19-35-17-16-33-14-6-7-15-33/h3-5,8-9,20-21,23H,6-7,10-19H2,1-2H3. The number of rotatable bonds is 9. The van der Waals surface area contributed by atoms with Crippen LogP contribution in [0.25, 0.3) is 21.3 Å². The number of carbonyl (C=O) groups excluding carboxylic acids is 1. The third-order valence-corrected chi connectivity index (χ3v) is 8.90. The van der Waals surface area contributed by atoms with Crippen LogP contribution in [0.1, 0.15) is 55.0 Å². The molecule has 1 amide bonds. The lowest BCUT2D eigenvalue weighted by molar-refractivity contribution is -0.127. The van der Waals surface area contributed by atoms with E-state index in [4.69, 9.17) is 9.72 Å².